The van der Waals surface area contributed by atoms with Crippen molar-refractivity contribution in [2.24, 2.45) is 0 Å². The fourth-order valence-corrected chi connectivity index (χ4v) is 8.91. The first kappa shape index (κ1) is 20.3. The summed E-state index contributed by atoms with van der Waals surface area (Å²) in [5, 5.41) is 4.25. The molecule has 1 aliphatic heterocycles. The first-order valence-electron chi connectivity index (χ1n) is 10.3. The smallest absolute Gasteiger partial charge is 0.163 e. The van der Waals surface area contributed by atoms with Gasteiger partial charge in [0.15, 0.2) is 5.79 Å². The Bertz CT molecular complexity index is 828. The Balaban J connectivity index is 1.82. The van der Waals surface area contributed by atoms with Gasteiger partial charge in [-0.05, 0) is 57.2 Å². The number of hydrogen-bond donors (Lipinski definition) is 0. The van der Waals surface area contributed by atoms with Crippen molar-refractivity contribution < 1.29 is 9.47 Å². The fourth-order valence-electron chi connectivity index (χ4n) is 4.39. The molecule has 3 heteroatoms. The summed E-state index contributed by atoms with van der Waals surface area (Å²) in [7, 11) is -1.83. The zero-order valence-electron chi connectivity index (χ0n) is 17.5. The Morgan fingerprint density at radius 1 is 0.690 bits per heavy atom. The minimum Gasteiger partial charge on any atom is -0.348 e. The van der Waals surface area contributed by atoms with Crippen molar-refractivity contribution in [1.29, 1.82) is 0 Å². The van der Waals surface area contributed by atoms with E-state index in [4.69, 9.17) is 9.47 Å². The molecular formula is C26H30O2P+. The molecule has 150 valence electrons. The molecule has 0 spiro atoms. The third-order valence-corrected chi connectivity index (χ3v) is 10.2. The maximum atomic E-state index is 6.33. The van der Waals surface area contributed by atoms with Crippen LogP contribution in [-0.2, 0) is 9.47 Å². The maximum absolute atomic E-state index is 6.33. The molecule has 0 N–H and O–H groups in total. The molecule has 0 bridgehead atoms. The van der Waals surface area contributed by atoms with Gasteiger partial charge < -0.3 is 9.47 Å². The van der Waals surface area contributed by atoms with Gasteiger partial charge in [0.1, 0.15) is 23.2 Å². The summed E-state index contributed by atoms with van der Waals surface area (Å²) in [6.07, 6.45) is 1.99. The Kier molecular flexibility index (Phi) is 5.62. The van der Waals surface area contributed by atoms with Crippen LogP contribution in [0.25, 0.3) is 0 Å². The van der Waals surface area contributed by atoms with Gasteiger partial charge in [0.25, 0.3) is 0 Å². The average Bonchev–Trinajstić information content (AvgIpc) is 3.04. The molecule has 29 heavy (non-hydrogen) atoms. The predicted octanol–water partition coefficient (Wildman–Crippen LogP) is 4.91. The number of hydrogen-bond acceptors (Lipinski definition) is 2. The largest absolute Gasteiger partial charge is 0.348 e. The van der Waals surface area contributed by atoms with E-state index in [2.05, 4.69) is 97.9 Å². The van der Waals surface area contributed by atoms with E-state index < -0.39 is 13.0 Å². The molecule has 3 aromatic carbocycles. The lowest BCUT2D eigenvalue weighted by atomic mass is 10.1. The Morgan fingerprint density at radius 2 is 1.10 bits per heavy atom. The molecule has 1 atom stereocenters. The minimum absolute atomic E-state index is 0.271. The van der Waals surface area contributed by atoms with Crippen LogP contribution in [0.4, 0.5) is 0 Å². The van der Waals surface area contributed by atoms with E-state index >= 15 is 0 Å². The van der Waals surface area contributed by atoms with Gasteiger partial charge in [-0.15, -0.1) is 0 Å². The van der Waals surface area contributed by atoms with E-state index in [9.17, 15) is 0 Å². The molecule has 0 aromatic heterocycles. The molecular weight excluding hydrogens is 375 g/mol. The highest BCUT2D eigenvalue weighted by Crippen LogP contribution is 2.57. The Morgan fingerprint density at radius 3 is 1.45 bits per heavy atom. The summed E-state index contributed by atoms with van der Waals surface area (Å²) in [5.74, 6) is -0.512. The fraction of sp³-hybridized carbons (Fsp3) is 0.308. The summed E-state index contributed by atoms with van der Waals surface area (Å²) in [6.45, 7) is 6.84. The summed E-state index contributed by atoms with van der Waals surface area (Å²) >= 11 is 0. The van der Waals surface area contributed by atoms with E-state index in [1.54, 1.807) is 0 Å². The van der Waals surface area contributed by atoms with E-state index in [1.165, 1.54) is 15.9 Å². The number of ether oxygens (including phenoxy) is 2. The van der Waals surface area contributed by atoms with Gasteiger partial charge in [-0.1, -0.05) is 54.6 Å². The van der Waals surface area contributed by atoms with E-state index in [-0.39, 0.29) is 5.60 Å². The quantitative estimate of drug-likeness (QED) is 0.543. The molecule has 0 radical (unpaired) electrons. The molecule has 0 amide bonds. The lowest BCUT2D eigenvalue weighted by molar-refractivity contribution is -0.157. The van der Waals surface area contributed by atoms with E-state index in [0.29, 0.717) is 6.61 Å². The second-order valence-corrected chi connectivity index (χ2v) is 12.1. The SMILES string of the molecule is CC1(C)OC[C@@](C)(CC[P+](c2ccccc2)(c2ccccc2)c2ccccc2)O1. The van der Waals surface area contributed by atoms with Crippen molar-refractivity contribution in [2.75, 3.05) is 12.8 Å². The molecule has 1 heterocycles. The first-order valence-corrected chi connectivity index (χ1v) is 12.3. The van der Waals surface area contributed by atoms with Gasteiger partial charge in [-0.25, -0.2) is 0 Å². The van der Waals surface area contributed by atoms with Crippen LogP contribution in [0, 0.1) is 0 Å². The molecule has 1 fully saturated rings. The Labute approximate surface area is 175 Å². The van der Waals surface area contributed by atoms with E-state index in [1.807, 2.05) is 13.8 Å². The van der Waals surface area contributed by atoms with Gasteiger partial charge in [-0.3, -0.25) is 0 Å². The van der Waals surface area contributed by atoms with Crippen molar-refractivity contribution in [2.45, 2.75) is 38.6 Å². The zero-order valence-corrected chi connectivity index (χ0v) is 18.4. The van der Waals surface area contributed by atoms with Gasteiger partial charge in [0.2, 0.25) is 0 Å². The van der Waals surface area contributed by atoms with Crippen LogP contribution >= 0.6 is 7.26 Å². The Hall–Kier alpha value is -1.99. The number of rotatable bonds is 6. The van der Waals surface area contributed by atoms with Gasteiger partial charge >= 0.3 is 0 Å². The lowest BCUT2D eigenvalue weighted by Crippen LogP contribution is -2.38. The van der Waals surface area contributed by atoms with Crippen molar-refractivity contribution >= 4 is 23.2 Å². The first-order chi connectivity index (χ1) is 13.9. The molecule has 1 aliphatic rings. The molecule has 2 nitrogen and oxygen atoms in total. The second-order valence-electron chi connectivity index (χ2n) is 8.53. The third kappa shape index (κ3) is 4.16. The van der Waals surface area contributed by atoms with Crippen LogP contribution < -0.4 is 15.9 Å². The van der Waals surface area contributed by atoms with Gasteiger partial charge in [0.05, 0.1) is 18.4 Å². The molecule has 0 saturated carbocycles. The highest BCUT2D eigenvalue weighted by atomic mass is 31.2. The molecule has 1 saturated heterocycles. The highest BCUT2D eigenvalue weighted by Gasteiger charge is 2.49. The predicted molar refractivity (Wildman–Crippen MR) is 124 cm³/mol. The summed E-state index contributed by atoms with van der Waals surface area (Å²) in [5.41, 5.74) is -0.271. The normalized spacial score (nSPS) is 21.2. The summed E-state index contributed by atoms with van der Waals surface area (Å²) < 4.78 is 12.3. The summed E-state index contributed by atoms with van der Waals surface area (Å²) in [6, 6.07) is 33.1. The van der Waals surface area contributed by atoms with Crippen LogP contribution in [0.15, 0.2) is 91.0 Å². The highest BCUT2D eigenvalue weighted by molar-refractivity contribution is 7.95. The third-order valence-electron chi connectivity index (χ3n) is 5.78. The van der Waals surface area contributed by atoms with Crippen molar-refractivity contribution in [1.82, 2.24) is 0 Å². The standard InChI is InChI=1S/C26H30O2P/c1-25(2)27-21-26(3,28-25)19-20-29(22-13-7-4-8-14-22,23-15-9-5-10-16-23)24-17-11-6-12-18-24/h4-18H,19-21H2,1-3H3/q+1/t26-/m1/s1. The van der Waals surface area contributed by atoms with Crippen LogP contribution in [0.1, 0.15) is 27.2 Å². The van der Waals surface area contributed by atoms with Gasteiger partial charge in [-0.2, -0.15) is 0 Å². The maximum Gasteiger partial charge on any atom is 0.163 e. The number of benzene rings is 3. The molecule has 3 aromatic rings. The van der Waals surface area contributed by atoms with Crippen LogP contribution in [0.2, 0.25) is 0 Å². The van der Waals surface area contributed by atoms with Gasteiger partial charge in [0, 0.05) is 6.42 Å². The average molecular weight is 405 g/mol. The summed E-state index contributed by atoms with van der Waals surface area (Å²) in [4.78, 5) is 0. The van der Waals surface area contributed by atoms with Crippen LogP contribution in [0.5, 0.6) is 0 Å². The topological polar surface area (TPSA) is 18.5 Å². The zero-order chi connectivity index (χ0) is 20.4. The van der Waals surface area contributed by atoms with Crippen LogP contribution in [0.3, 0.4) is 0 Å². The van der Waals surface area contributed by atoms with E-state index in [0.717, 1.165) is 12.6 Å². The molecule has 0 unspecified atom stereocenters. The second kappa shape index (κ2) is 8.03. The monoisotopic (exact) mass is 405 g/mol. The lowest BCUT2D eigenvalue weighted by Gasteiger charge is -2.31. The van der Waals surface area contributed by atoms with Crippen molar-refractivity contribution in [3.63, 3.8) is 0 Å². The molecule has 4 rings (SSSR count). The van der Waals surface area contributed by atoms with Crippen LogP contribution in [-0.4, -0.2) is 24.2 Å². The van der Waals surface area contributed by atoms with Crippen molar-refractivity contribution in [3.8, 4) is 0 Å². The molecule has 0 aliphatic carbocycles. The minimum atomic E-state index is -1.83. The van der Waals surface area contributed by atoms with Crippen molar-refractivity contribution in [3.05, 3.63) is 91.0 Å².